The zero-order chi connectivity index (χ0) is 16.9. The summed E-state index contributed by atoms with van der Waals surface area (Å²) in [6, 6.07) is 4.06. The second-order valence-electron chi connectivity index (χ2n) is 7.09. The van der Waals surface area contributed by atoms with Gasteiger partial charge >= 0.3 is 0 Å². The monoisotopic (exact) mass is 336 g/mol. The van der Waals surface area contributed by atoms with Crippen LogP contribution in [0.25, 0.3) is 0 Å². The number of piperazine rings is 1. The molecule has 132 valence electrons. The largest absolute Gasteiger partial charge is 0.340 e. The molecule has 24 heavy (non-hydrogen) atoms. The summed E-state index contributed by atoms with van der Waals surface area (Å²) in [5.41, 5.74) is 0.773. The molecule has 0 radical (unpaired) electrons. The van der Waals surface area contributed by atoms with Crippen LogP contribution in [-0.4, -0.2) is 41.9 Å². The molecule has 0 unspecified atom stereocenters. The van der Waals surface area contributed by atoms with Gasteiger partial charge in [-0.15, -0.1) is 0 Å². The highest BCUT2D eigenvalue weighted by Crippen LogP contribution is 2.28. The van der Waals surface area contributed by atoms with Crippen molar-refractivity contribution in [1.29, 1.82) is 0 Å². The summed E-state index contributed by atoms with van der Waals surface area (Å²) in [6.07, 6.45) is 6.93. The van der Waals surface area contributed by atoms with E-state index in [4.69, 9.17) is 0 Å². The van der Waals surface area contributed by atoms with Gasteiger partial charge < -0.3 is 4.90 Å². The van der Waals surface area contributed by atoms with Crippen molar-refractivity contribution in [2.24, 2.45) is 5.92 Å². The van der Waals surface area contributed by atoms with Crippen LogP contribution < -0.4 is 0 Å². The maximum Gasteiger partial charge on any atom is 0.222 e. The van der Waals surface area contributed by atoms with Crippen LogP contribution in [0.2, 0.25) is 0 Å². The Morgan fingerprint density at radius 3 is 2.42 bits per heavy atom. The first-order valence-electron chi connectivity index (χ1n) is 9.06. The number of hydrogen-bond acceptors (Lipinski definition) is 2. The van der Waals surface area contributed by atoms with Crippen molar-refractivity contribution < 1.29 is 13.6 Å². The molecule has 1 saturated heterocycles. The average molecular weight is 336 g/mol. The van der Waals surface area contributed by atoms with Gasteiger partial charge in [-0.3, -0.25) is 9.69 Å². The molecular formula is C19H26F2N2O. The lowest BCUT2D eigenvalue weighted by molar-refractivity contribution is -0.133. The predicted octanol–water partition coefficient (Wildman–Crippen LogP) is 3.58. The fourth-order valence-corrected chi connectivity index (χ4v) is 3.84. The van der Waals surface area contributed by atoms with E-state index in [1.54, 1.807) is 6.07 Å². The summed E-state index contributed by atoms with van der Waals surface area (Å²) in [7, 11) is 0. The molecule has 1 aliphatic carbocycles. The Kier molecular flexibility index (Phi) is 5.82. The number of nitrogens with zero attached hydrogens (tertiary/aromatic N) is 2. The highest BCUT2D eigenvalue weighted by atomic mass is 19.2. The summed E-state index contributed by atoms with van der Waals surface area (Å²) in [5.74, 6) is -0.581. The van der Waals surface area contributed by atoms with Gasteiger partial charge in [-0.25, -0.2) is 8.78 Å². The number of carbonyl (C=O) groups excluding carboxylic acids is 1. The normalized spacial score (nSPS) is 19.8. The maximum absolute atomic E-state index is 13.3. The van der Waals surface area contributed by atoms with Crippen molar-refractivity contribution in [2.45, 2.75) is 45.1 Å². The Morgan fingerprint density at radius 1 is 1.04 bits per heavy atom. The van der Waals surface area contributed by atoms with E-state index in [9.17, 15) is 13.6 Å². The van der Waals surface area contributed by atoms with Gasteiger partial charge in [-0.1, -0.05) is 31.7 Å². The SMILES string of the molecule is O=C(CCC1CCCC1)N1CCN(Cc2ccc(F)c(F)c2)CC1. The van der Waals surface area contributed by atoms with Crippen LogP contribution in [0.15, 0.2) is 18.2 Å². The molecule has 2 fully saturated rings. The van der Waals surface area contributed by atoms with Crippen molar-refractivity contribution >= 4 is 5.91 Å². The number of amides is 1. The van der Waals surface area contributed by atoms with Crippen molar-refractivity contribution in [3.63, 3.8) is 0 Å². The zero-order valence-corrected chi connectivity index (χ0v) is 14.1. The van der Waals surface area contributed by atoms with Crippen molar-refractivity contribution in [2.75, 3.05) is 26.2 Å². The number of rotatable bonds is 5. The smallest absolute Gasteiger partial charge is 0.222 e. The highest BCUT2D eigenvalue weighted by Gasteiger charge is 2.23. The van der Waals surface area contributed by atoms with Crippen LogP contribution in [0.5, 0.6) is 0 Å². The number of benzene rings is 1. The number of hydrogen-bond donors (Lipinski definition) is 0. The third-order valence-electron chi connectivity index (χ3n) is 5.36. The first kappa shape index (κ1) is 17.3. The first-order chi connectivity index (χ1) is 11.6. The van der Waals surface area contributed by atoms with Gasteiger partial charge in [0.15, 0.2) is 11.6 Å². The van der Waals surface area contributed by atoms with Crippen molar-refractivity contribution in [3.05, 3.63) is 35.4 Å². The molecule has 0 atom stereocenters. The highest BCUT2D eigenvalue weighted by molar-refractivity contribution is 5.76. The van der Waals surface area contributed by atoms with Gasteiger partial charge in [0.05, 0.1) is 0 Å². The summed E-state index contributed by atoms with van der Waals surface area (Å²) in [4.78, 5) is 16.5. The van der Waals surface area contributed by atoms with E-state index in [1.807, 2.05) is 4.90 Å². The van der Waals surface area contributed by atoms with Crippen molar-refractivity contribution in [1.82, 2.24) is 9.80 Å². The summed E-state index contributed by atoms with van der Waals surface area (Å²) in [5, 5.41) is 0. The molecule has 1 heterocycles. The Labute approximate surface area is 142 Å². The lowest BCUT2D eigenvalue weighted by Gasteiger charge is -2.35. The van der Waals surface area contributed by atoms with Gasteiger partial charge in [-0.2, -0.15) is 0 Å². The standard InChI is InChI=1S/C19H26F2N2O/c20-17-7-5-16(13-18(17)21)14-22-9-11-23(12-10-22)19(24)8-6-15-3-1-2-4-15/h5,7,13,15H,1-4,6,8-12,14H2. The van der Waals surface area contributed by atoms with E-state index < -0.39 is 11.6 Å². The average Bonchev–Trinajstić information content (AvgIpc) is 3.10. The Morgan fingerprint density at radius 2 is 1.75 bits per heavy atom. The Hall–Kier alpha value is -1.49. The van der Waals surface area contributed by atoms with Crippen LogP contribution in [0, 0.1) is 17.6 Å². The third-order valence-corrected chi connectivity index (χ3v) is 5.36. The van der Waals surface area contributed by atoms with Gasteiger partial charge in [0.25, 0.3) is 0 Å². The van der Waals surface area contributed by atoms with Crippen LogP contribution in [-0.2, 0) is 11.3 Å². The van der Waals surface area contributed by atoms with Gasteiger partial charge in [0.2, 0.25) is 5.91 Å². The van der Waals surface area contributed by atoms with E-state index in [-0.39, 0.29) is 5.91 Å². The molecule has 1 aliphatic heterocycles. The molecule has 3 nitrogen and oxygen atoms in total. The Balaban J connectivity index is 1.41. The van der Waals surface area contributed by atoms with Crippen LogP contribution in [0.4, 0.5) is 8.78 Å². The number of carbonyl (C=O) groups is 1. The zero-order valence-electron chi connectivity index (χ0n) is 14.1. The van der Waals surface area contributed by atoms with Gasteiger partial charge in [0.1, 0.15) is 0 Å². The molecule has 2 aliphatic rings. The fourth-order valence-electron chi connectivity index (χ4n) is 3.84. The molecule has 0 bridgehead atoms. The lowest BCUT2D eigenvalue weighted by atomic mass is 10.0. The molecule has 5 heteroatoms. The molecule has 1 aromatic carbocycles. The first-order valence-corrected chi connectivity index (χ1v) is 9.06. The molecule has 0 aromatic heterocycles. The minimum absolute atomic E-state index is 0.273. The molecule has 0 spiro atoms. The topological polar surface area (TPSA) is 23.6 Å². The fraction of sp³-hybridized carbons (Fsp3) is 0.632. The summed E-state index contributed by atoms with van der Waals surface area (Å²) < 4.78 is 26.2. The van der Waals surface area contributed by atoms with Crippen LogP contribution in [0.3, 0.4) is 0 Å². The van der Waals surface area contributed by atoms with Crippen molar-refractivity contribution in [3.8, 4) is 0 Å². The maximum atomic E-state index is 13.3. The summed E-state index contributed by atoms with van der Waals surface area (Å²) in [6.45, 7) is 3.63. The third kappa shape index (κ3) is 4.53. The molecule has 1 saturated carbocycles. The van der Waals surface area contributed by atoms with E-state index >= 15 is 0 Å². The van der Waals surface area contributed by atoms with E-state index in [2.05, 4.69) is 4.90 Å². The summed E-state index contributed by atoms with van der Waals surface area (Å²) >= 11 is 0. The minimum Gasteiger partial charge on any atom is -0.340 e. The second kappa shape index (κ2) is 8.06. The molecule has 1 aromatic rings. The van der Waals surface area contributed by atoms with E-state index in [0.717, 1.165) is 44.1 Å². The van der Waals surface area contributed by atoms with Crippen LogP contribution in [0.1, 0.15) is 44.1 Å². The van der Waals surface area contributed by atoms with Gasteiger partial charge in [0, 0.05) is 39.1 Å². The quantitative estimate of drug-likeness (QED) is 0.820. The van der Waals surface area contributed by atoms with Crippen LogP contribution >= 0.6 is 0 Å². The van der Waals surface area contributed by atoms with E-state index in [1.165, 1.54) is 37.8 Å². The minimum atomic E-state index is -0.809. The van der Waals surface area contributed by atoms with Gasteiger partial charge in [-0.05, 0) is 30.0 Å². The molecule has 3 rings (SSSR count). The lowest BCUT2D eigenvalue weighted by Crippen LogP contribution is -2.48. The number of halogens is 2. The molecular weight excluding hydrogens is 310 g/mol. The second-order valence-corrected chi connectivity index (χ2v) is 7.09. The molecule has 0 N–H and O–H groups in total. The molecule has 1 amide bonds. The predicted molar refractivity (Wildman–Crippen MR) is 89.4 cm³/mol. The van der Waals surface area contributed by atoms with E-state index in [0.29, 0.717) is 13.0 Å². The Bertz CT molecular complexity index is 564.